The number of rotatable bonds is 3. The van der Waals surface area contributed by atoms with Crippen LogP contribution in [0.4, 0.5) is 0 Å². The van der Waals surface area contributed by atoms with E-state index in [1.165, 1.54) is 0 Å². The summed E-state index contributed by atoms with van der Waals surface area (Å²) in [7, 11) is 9.05. The zero-order valence-corrected chi connectivity index (χ0v) is 8.97. The van der Waals surface area contributed by atoms with E-state index >= 15 is 0 Å². The van der Waals surface area contributed by atoms with Crippen molar-refractivity contribution in [3.8, 4) is 0 Å². The average Bonchev–Trinajstić information content (AvgIpc) is 2.35. The van der Waals surface area contributed by atoms with Crippen molar-refractivity contribution in [1.82, 2.24) is 0 Å². The largest absolute Gasteiger partial charge is 0.381 e. The molecule has 4 atom stereocenters. The first kappa shape index (κ1) is 11.4. The van der Waals surface area contributed by atoms with E-state index in [2.05, 4.69) is 0 Å². The Kier molecular flexibility index (Phi) is 3.32. The lowest BCUT2D eigenvalue weighted by Crippen LogP contribution is -2.50. The topological polar surface area (TPSA) is 46.2 Å². The summed E-state index contributed by atoms with van der Waals surface area (Å²) in [6.45, 7) is 0.954. The van der Waals surface area contributed by atoms with Crippen molar-refractivity contribution in [2.45, 2.75) is 23.8 Å². The van der Waals surface area contributed by atoms with Gasteiger partial charge in [0.05, 0.1) is 13.2 Å². The van der Waals surface area contributed by atoms with Crippen molar-refractivity contribution < 1.29 is 23.7 Å². The highest BCUT2D eigenvalue weighted by Crippen LogP contribution is 2.36. The summed E-state index contributed by atoms with van der Waals surface area (Å²) in [5, 5.41) is 0. The van der Waals surface area contributed by atoms with E-state index < -0.39 is 11.6 Å². The number of hydrogen-bond donors (Lipinski definition) is 0. The summed E-state index contributed by atoms with van der Waals surface area (Å²) >= 11 is 0. The second-order valence-corrected chi connectivity index (χ2v) is 3.83. The molecule has 2 saturated heterocycles. The summed E-state index contributed by atoms with van der Waals surface area (Å²) < 4.78 is 26.9. The van der Waals surface area contributed by atoms with Crippen LogP contribution in [0.3, 0.4) is 0 Å². The quantitative estimate of drug-likeness (QED) is 0.580. The van der Waals surface area contributed by atoms with Crippen molar-refractivity contribution in [3.05, 3.63) is 0 Å². The fourth-order valence-electron chi connectivity index (χ4n) is 2.27. The molecule has 2 heterocycles. The molecular weight excluding hydrogens is 199 g/mol. The van der Waals surface area contributed by atoms with Crippen molar-refractivity contribution in [1.29, 1.82) is 0 Å². The van der Waals surface area contributed by atoms with Crippen LogP contribution in [-0.2, 0) is 23.7 Å². The number of methoxy groups -OCH3 is 2. The van der Waals surface area contributed by atoms with Gasteiger partial charge in [-0.2, -0.15) is 0 Å². The van der Waals surface area contributed by atoms with Crippen LogP contribution < -0.4 is 0 Å². The molecule has 2 aliphatic rings. The molecule has 0 aromatic rings. The third-order valence-electron chi connectivity index (χ3n) is 2.84. The summed E-state index contributed by atoms with van der Waals surface area (Å²) in [6, 6.07) is -0.492. The maximum atomic E-state index is 5.83. The molecule has 0 N–H and O–H groups in total. The molecule has 0 amide bonds. The summed E-state index contributed by atoms with van der Waals surface area (Å²) in [4.78, 5) is 0. The van der Waals surface area contributed by atoms with Crippen molar-refractivity contribution in [2.24, 2.45) is 0 Å². The van der Waals surface area contributed by atoms with E-state index in [1.807, 2.05) is 0 Å². The van der Waals surface area contributed by atoms with Gasteiger partial charge in [0.2, 0.25) is 0 Å². The van der Waals surface area contributed by atoms with E-state index in [1.54, 1.807) is 14.2 Å². The molecule has 2 bridgehead atoms. The normalized spacial score (nSPS) is 45.3. The molecule has 5 nitrogen and oxygen atoms in total. The molecule has 2 unspecified atom stereocenters. The van der Waals surface area contributed by atoms with Gasteiger partial charge >= 0.3 is 0 Å². The standard InChI is InChI=1S/C9H15BO5/c1-11-3-9-4-13-5-14-6(7(9)12-2)8(10)15-9/h6-8H,3-5H2,1-2H3/t6?,7?,8-,9+/m1/s1. The molecule has 2 aliphatic heterocycles. The van der Waals surface area contributed by atoms with E-state index in [4.69, 9.17) is 31.5 Å². The predicted octanol–water partition coefficient (Wildman–Crippen LogP) is -0.716. The SMILES string of the molecule is [B][C@@H]1O[C@@]2(COC)COCOC1C2OC. The molecular formula is C9H15BO5. The van der Waals surface area contributed by atoms with Crippen molar-refractivity contribution in [2.75, 3.05) is 34.2 Å². The first-order valence-corrected chi connectivity index (χ1v) is 4.88. The van der Waals surface area contributed by atoms with Gasteiger partial charge in [0.1, 0.15) is 32.4 Å². The predicted molar refractivity (Wildman–Crippen MR) is 51.7 cm³/mol. The Morgan fingerprint density at radius 2 is 2.27 bits per heavy atom. The van der Waals surface area contributed by atoms with Gasteiger partial charge in [-0.05, 0) is 0 Å². The van der Waals surface area contributed by atoms with E-state index in [-0.39, 0.29) is 19.0 Å². The Morgan fingerprint density at radius 1 is 1.47 bits per heavy atom. The minimum Gasteiger partial charge on any atom is -0.381 e. The number of ether oxygens (including phenoxy) is 5. The Labute approximate surface area is 90.4 Å². The van der Waals surface area contributed by atoms with E-state index in [0.717, 1.165) is 0 Å². The fraction of sp³-hybridized carbons (Fsp3) is 1.00. The van der Waals surface area contributed by atoms with E-state index in [9.17, 15) is 0 Å². The molecule has 2 fully saturated rings. The van der Waals surface area contributed by atoms with Crippen LogP contribution in [0.2, 0.25) is 0 Å². The molecule has 0 aromatic carbocycles. The number of fused-ring (bicyclic) bond motifs is 2. The van der Waals surface area contributed by atoms with Crippen LogP contribution >= 0.6 is 0 Å². The van der Waals surface area contributed by atoms with E-state index in [0.29, 0.717) is 13.2 Å². The van der Waals surface area contributed by atoms with Gasteiger partial charge in [-0.3, -0.25) is 0 Å². The smallest absolute Gasteiger partial charge is 0.147 e. The summed E-state index contributed by atoms with van der Waals surface area (Å²) in [5.41, 5.74) is -0.649. The minimum absolute atomic E-state index is 0.215. The molecule has 84 valence electrons. The lowest BCUT2D eigenvalue weighted by atomic mass is 9.89. The second-order valence-electron chi connectivity index (χ2n) is 3.83. The second kappa shape index (κ2) is 4.39. The summed E-state index contributed by atoms with van der Waals surface area (Å²) in [5.74, 6) is 0. The molecule has 0 aromatic heterocycles. The molecule has 0 saturated carbocycles. The maximum absolute atomic E-state index is 5.83. The third-order valence-corrected chi connectivity index (χ3v) is 2.84. The third kappa shape index (κ3) is 1.81. The Morgan fingerprint density at radius 3 is 2.93 bits per heavy atom. The zero-order chi connectivity index (χ0) is 10.9. The molecule has 0 aliphatic carbocycles. The van der Waals surface area contributed by atoms with Gasteiger partial charge in [-0.15, -0.1) is 0 Å². The lowest BCUT2D eigenvalue weighted by Gasteiger charge is -2.31. The van der Waals surface area contributed by atoms with Gasteiger partial charge < -0.3 is 23.7 Å². The highest BCUT2D eigenvalue weighted by molar-refractivity contribution is 6.11. The fourth-order valence-corrected chi connectivity index (χ4v) is 2.27. The first-order valence-electron chi connectivity index (χ1n) is 4.88. The van der Waals surface area contributed by atoms with Crippen LogP contribution in [0.5, 0.6) is 0 Å². The maximum Gasteiger partial charge on any atom is 0.147 e. The van der Waals surface area contributed by atoms with Crippen molar-refractivity contribution >= 4 is 7.85 Å². The Balaban J connectivity index is 2.23. The Bertz CT molecular complexity index is 227. The monoisotopic (exact) mass is 214 g/mol. The van der Waals surface area contributed by atoms with Gasteiger partial charge in [0.25, 0.3) is 0 Å². The van der Waals surface area contributed by atoms with Crippen LogP contribution in [0.15, 0.2) is 0 Å². The van der Waals surface area contributed by atoms with Gasteiger partial charge in [-0.25, -0.2) is 0 Å². The molecule has 0 spiro atoms. The van der Waals surface area contributed by atoms with Gasteiger partial charge in [0, 0.05) is 20.2 Å². The number of hydrogen-bond acceptors (Lipinski definition) is 5. The lowest BCUT2D eigenvalue weighted by molar-refractivity contribution is -0.167. The molecule has 15 heavy (non-hydrogen) atoms. The first-order chi connectivity index (χ1) is 7.23. The summed E-state index contributed by atoms with van der Waals surface area (Å²) in [6.07, 6.45) is -0.553. The van der Waals surface area contributed by atoms with Crippen LogP contribution in [0.25, 0.3) is 0 Å². The van der Waals surface area contributed by atoms with Crippen LogP contribution in [-0.4, -0.2) is 65.9 Å². The highest BCUT2D eigenvalue weighted by atomic mass is 16.7. The van der Waals surface area contributed by atoms with Crippen LogP contribution in [0.1, 0.15) is 0 Å². The Hall–Kier alpha value is -0.135. The van der Waals surface area contributed by atoms with Gasteiger partial charge in [0.15, 0.2) is 0 Å². The molecule has 2 radical (unpaired) electrons. The van der Waals surface area contributed by atoms with Gasteiger partial charge in [-0.1, -0.05) is 0 Å². The average molecular weight is 214 g/mol. The van der Waals surface area contributed by atoms with Crippen molar-refractivity contribution in [3.63, 3.8) is 0 Å². The van der Waals surface area contributed by atoms with Crippen LogP contribution in [0, 0.1) is 0 Å². The minimum atomic E-state index is -0.649. The molecule has 2 rings (SSSR count). The molecule has 6 heteroatoms. The zero-order valence-electron chi connectivity index (χ0n) is 8.97. The highest BCUT2D eigenvalue weighted by Gasteiger charge is 2.56.